The van der Waals surface area contributed by atoms with E-state index in [9.17, 15) is 4.79 Å². The number of anilines is 1. The van der Waals surface area contributed by atoms with Crippen LogP contribution in [0.5, 0.6) is 0 Å². The van der Waals surface area contributed by atoms with Crippen LogP contribution in [0.25, 0.3) is 21.9 Å². The van der Waals surface area contributed by atoms with Crippen LogP contribution in [0.4, 0.5) is 5.69 Å². The van der Waals surface area contributed by atoms with Gasteiger partial charge in [-0.25, -0.2) is 9.67 Å². The third-order valence-corrected chi connectivity index (χ3v) is 4.99. The highest BCUT2D eigenvalue weighted by atomic mass is 79.9. The molecule has 1 amide bonds. The van der Waals surface area contributed by atoms with Gasteiger partial charge in [-0.15, -0.1) is 0 Å². The lowest BCUT2D eigenvalue weighted by atomic mass is 10.2. The maximum atomic E-state index is 12.7. The molecule has 0 unspecified atom stereocenters. The van der Waals surface area contributed by atoms with Gasteiger partial charge in [0.2, 0.25) is 0 Å². The molecule has 0 saturated heterocycles. The van der Waals surface area contributed by atoms with Crippen molar-refractivity contribution in [2.45, 2.75) is 19.9 Å². The van der Waals surface area contributed by atoms with Crippen LogP contribution in [-0.2, 0) is 0 Å². The van der Waals surface area contributed by atoms with Crippen molar-refractivity contribution in [3.63, 3.8) is 0 Å². The first kappa shape index (κ1) is 17.1. The molecule has 0 atom stereocenters. The number of carbonyl (C=O) groups excluding carboxylic acids is 1. The van der Waals surface area contributed by atoms with Crippen molar-refractivity contribution in [3.8, 4) is 0 Å². The van der Waals surface area contributed by atoms with Crippen LogP contribution in [-0.4, -0.2) is 25.7 Å². The van der Waals surface area contributed by atoms with E-state index in [0.29, 0.717) is 16.4 Å². The number of hydrogen-bond donors (Lipinski definition) is 2. The number of hydrogen-bond acceptors (Lipinski definition) is 3. The van der Waals surface area contributed by atoms with Crippen LogP contribution in [0.15, 0.2) is 41.1 Å². The van der Waals surface area contributed by atoms with E-state index in [1.54, 1.807) is 12.4 Å². The molecule has 0 fully saturated rings. The highest BCUT2D eigenvalue weighted by molar-refractivity contribution is 9.10. The molecule has 0 radical (unpaired) electrons. The number of amides is 1. The number of nitrogens with one attached hydrogen (secondary N) is 2. The summed E-state index contributed by atoms with van der Waals surface area (Å²) < 4.78 is 2.74. The molecular weight excluding hydrogens is 418 g/mol. The van der Waals surface area contributed by atoms with Gasteiger partial charge in [0.25, 0.3) is 5.91 Å². The van der Waals surface area contributed by atoms with Gasteiger partial charge in [-0.05, 0) is 38.1 Å². The fourth-order valence-electron chi connectivity index (χ4n) is 2.87. The summed E-state index contributed by atoms with van der Waals surface area (Å²) in [4.78, 5) is 20.1. The number of nitrogens with zero attached hydrogens (tertiary/aromatic N) is 3. The van der Waals surface area contributed by atoms with Gasteiger partial charge in [0, 0.05) is 26.8 Å². The van der Waals surface area contributed by atoms with Crippen LogP contribution >= 0.6 is 27.5 Å². The maximum Gasteiger partial charge on any atom is 0.273 e. The minimum absolute atomic E-state index is 0.213. The zero-order valence-corrected chi connectivity index (χ0v) is 16.4. The SMILES string of the molecule is CC(C)n1ncc2cc(NC(=O)c3[nH]c4ccc(Br)cc4c3Cl)cnc21. The van der Waals surface area contributed by atoms with Gasteiger partial charge < -0.3 is 10.3 Å². The van der Waals surface area contributed by atoms with Crippen molar-refractivity contribution >= 4 is 61.1 Å². The summed E-state index contributed by atoms with van der Waals surface area (Å²) in [6, 6.07) is 7.69. The minimum Gasteiger partial charge on any atom is -0.349 e. The number of benzene rings is 1. The van der Waals surface area contributed by atoms with Gasteiger partial charge in [-0.3, -0.25) is 4.79 Å². The Kier molecular flexibility index (Phi) is 4.20. The molecule has 0 aliphatic rings. The van der Waals surface area contributed by atoms with Crippen LogP contribution in [0, 0.1) is 0 Å². The number of fused-ring (bicyclic) bond motifs is 2. The van der Waals surface area contributed by atoms with Gasteiger partial charge in [0.1, 0.15) is 5.69 Å². The fraction of sp³-hybridized carbons (Fsp3) is 0.167. The second-order valence-corrected chi connectivity index (χ2v) is 7.57. The number of pyridine rings is 1. The number of aromatic nitrogens is 4. The molecule has 6 nitrogen and oxygen atoms in total. The lowest BCUT2D eigenvalue weighted by molar-refractivity contribution is 0.102. The van der Waals surface area contributed by atoms with E-state index in [2.05, 4.69) is 36.3 Å². The second kappa shape index (κ2) is 6.41. The van der Waals surface area contributed by atoms with Crippen molar-refractivity contribution in [1.82, 2.24) is 19.7 Å². The standard InChI is InChI=1S/C18H15BrClN5O/c1-9(2)25-17-10(7-22-25)5-12(8-21-17)23-18(26)16-15(20)13-6-11(19)3-4-14(13)24-16/h3-9,24H,1-2H3,(H,23,26). The Bertz CT molecular complexity index is 1150. The van der Waals surface area contributed by atoms with E-state index < -0.39 is 0 Å². The van der Waals surface area contributed by atoms with Crippen molar-refractivity contribution in [2.24, 2.45) is 0 Å². The third kappa shape index (κ3) is 2.87. The summed E-state index contributed by atoms with van der Waals surface area (Å²) in [7, 11) is 0. The van der Waals surface area contributed by atoms with Crippen molar-refractivity contribution in [1.29, 1.82) is 0 Å². The average Bonchev–Trinajstić information content (AvgIpc) is 3.16. The molecular formula is C18H15BrClN5O. The summed E-state index contributed by atoms with van der Waals surface area (Å²) in [5.74, 6) is -0.320. The Labute approximate surface area is 162 Å². The molecule has 4 aromatic rings. The maximum absolute atomic E-state index is 12.7. The molecule has 3 aromatic heterocycles. The van der Waals surface area contributed by atoms with Gasteiger partial charge in [-0.1, -0.05) is 27.5 Å². The van der Waals surface area contributed by atoms with Crippen LogP contribution < -0.4 is 5.32 Å². The minimum atomic E-state index is -0.320. The van der Waals surface area contributed by atoms with Gasteiger partial charge >= 0.3 is 0 Å². The molecule has 4 rings (SSSR count). The monoisotopic (exact) mass is 431 g/mol. The number of halogens is 2. The molecule has 0 saturated carbocycles. The molecule has 0 aliphatic carbocycles. The first-order valence-electron chi connectivity index (χ1n) is 8.05. The quantitative estimate of drug-likeness (QED) is 0.469. The smallest absolute Gasteiger partial charge is 0.273 e. The van der Waals surface area contributed by atoms with E-state index in [1.807, 2.05) is 42.8 Å². The highest BCUT2D eigenvalue weighted by Crippen LogP contribution is 2.30. The van der Waals surface area contributed by atoms with E-state index in [4.69, 9.17) is 11.6 Å². The number of aromatic amines is 1. The van der Waals surface area contributed by atoms with Crippen molar-refractivity contribution in [2.75, 3.05) is 5.32 Å². The van der Waals surface area contributed by atoms with Crippen molar-refractivity contribution < 1.29 is 4.79 Å². The predicted molar refractivity (Wildman–Crippen MR) is 107 cm³/mol. The largest absolute Gasteiger partial charge is 0.349 e. The van der Waals surface area contributed by atoms with Gasteiger partial charge in [0.15, 0.2) is 5.65 Å². The van der Waals surface area contributed by atoms with Crippen LogP contribution in [0.2, 0.25) is 5.02 Å². The molecule has 132 valence electrons. The summed E-state index contributed by atoms with van der Waals surface area (Å²) in [5, 5.41) is 9.22. The van der Waals surface area contributed by atoms with Gasteiger partial charge in [0.05, 0.1) is 23.1 Å². The number of rotatable bonds is 3. The normalized spacial score (nSPS) is 11.6. The summed E-state index contributed by atoms with van der Waals surface area (Å²) >= 11 is 9.79. The molecule has 1 aromatic carbocycles. The molecule has 0 aliphatic heterocycles. The third-order valence-electron chi connectivity index (χ3n) is 4.10. The molecule has 2 N–H and O–H groups in total. The summed E-state index contributed by atoms with van der Waals surface area (Å²) in [6.07, 6.45) is 3.36. The first-order valence-corrected chi connectivity index (χ1v) is 9.22. The lowest BCUT2D eigenvalue weighted by Crippen LogP contribution is -2.13. The Morgan fingerprint density at radius 3 is 2.88 bits per heavy atom. The highest BCUT2D eigenvalue weighted by Gasteiger charge is 2.17. The Hall–Kier alpha value is -2.38. The Balaban J connectivity index is 1.66. The number of H-pyrrole nitrogens is 1. The van der Waals surface area contributed by atoms with Gasteiger partial charge in [-0.2, -0.15) is 5.10 Å². The molecule has 8 heteroatoms. The number of carbonyl (C=O) groups is 1. The zero-order chi connectivity index (χ0) is 18.4. The molecule has 0 bridgehead atoms. The zero-order valence-electron chi connectivity index (χ0n) is 14.0. The predicted octanol–water partition coefficient (Wildman–Crippen LogP) is 5.16. The van der Waals surface area contributed by atoms with E-state index >= 15 is 0 Å². The summed E-state index contributed by atoms with van der Waals surface area (Å²) in [6.45, 7) is 4.08. The Morgan fingerprint density at radius 1 is 1.31 bits per heavy atom. The van der Waals surface area contributed by atoms with E-state index in [0.717, 1.165) is 26.4 Å². The molecule has 26 heavy (non-hydrogen) atoms. The fourth-order valence-corrected chi connectivity index (χ4v) is 3.52. The van der Waals surface area contributed by atoms with Crippen LogP contribution in [0.1, 0.15) is 30.4 Å². The van der Waals surface area contributed by atoms with E-state index in [-0.39, 0.29) is 11.9 Å². The lowest BCUT2D eigenvalue weighted by Gasteiger charge is -2.07. The topological polar surface area (TPSA) is 75.6 Å². The first-order chi connectivity index (χ1) is 12.4. The Morgan fingerprint density at radius 2 is 2.12 bits per heavy atom. The van der Waals surface area contributed by atoms with Crippen molar-refractivity contribution in [3.05, 3.63) is 51.8 Å². The van der Waals surface area contributed by atoms with Crippen LogP contribution in [0.3, 0.4) is 0 Å². The molecule has 0 spiro atoms. The second-order valence-electron chi connectivity index (χ2n) is 6.28. The average molecular weight is 433 g/mol. The summed E-state index contributed by atoms with van der Waals surface area (Å²) in [5.41, 5.74) is 2.49. The van der Waals surface area contributed by atoms with E-state index in [1.165, 1.54) is 0 Å². The molecule has 3 heterocycles.